The summed E-state index contributed by atoms with van der Waals surface area (Å²) < 4.78 is 7.62. The Hall–Kier alpha value is -1.84. The molecule has 126 valence electrons. The molecule has 1 aliphatic rings. The number of nitrogens with one attached hydrogen (secondary N) is 1. The number of hydrogen-bond acceptors (Lipinski definition) is 2. The van der Waals surface area contributed by atoms with Gasteiger partial charge in [-0.15, -0.1) is 0 Å². The van der Waals surface area contributed by atoms with E-state index in [2.05, 4.69) is 54.9 Å². The zero-order valence-electron chi connectivity index (χ0n) is 15.2. The smallest absolute Gasteiger partial charge is 0.407 e. The zero-order valence-corrected chi connectivity index (χ0v) is 15.2. The van der Waals surface area contributed by atoms with Gasteiger partial charge < -0.3 is 10.1 Å². The van der Waals surface area contributed by atoms with Crippen molar-refractivity contribution >= 4 is 17.5 Å². The molecule has 4 heteroatoms. The number of para-hydroxylation sites is 1. The topological polar surface area (TPSA) is 41.3 Å². The van der Waals surface area contributed by atoms with Gasteiger partial charge >= 0.3 is 6.09 Å². The van der Waals surface area contributed by atoms with Crippen LogP contribution < -0.4 is 5.32 Å². The van der Waals surface area contributed by atoms with Crippen molar-refractivity contribution in [2.45, 2.75) is 59.0 Å². The number of amides is 1. The second-order valence-corrected chi connectivity index (χ2v) is 7.66. The maximum atomic E-state index is 11.7. The van der Waals surface area contributed by atoms with Crippen LogP contribution in [0.4, 0.5) is 10.5 Å². The summed E-state index contributed by atoms with van der Waals surface area (Å²) >= 11 is 0. The van der Waals surface area contributed by atoms with Crippen molar-refractivity contribution in [1.82, 2.24) is 5.32 Å². The van der Waals surface area contributed by atoms with Crippen LogP contribution in [0, 0.1) is 0 Å². The van der Waals surface area contributed by atoms with E-state index in [1.165, 1.54) is 17.0 Å². The number of nitrogens with zero attached hydrogens (tertiary/aromatic N) is 1. The van der Waals surface area contributed by atoms with Crippen molar-refractivity contribution in [2.75, 3.05) is 13.1 Å². The second kappa shape index (κ2) is 6.34. The quantitative estimate of drug-likeness (QED) is 0.673. The molecule has 0 saturated heterocycles. The predicted molar refractivity (Wildman–Crippen MR) is 93.8 cm³/mol. The van der Waals surface area contributed by atoms with Crippen LogP contribution in [0.15, 0.2) is 24.3 Å². The number of ether oxygens (including phenoxy) is 1. The molecule has 1 aromatic carbocycles. The van der Waals surface area contributed by atoms with Crippen LogP contribution >= 0.6 is 0 Å². The number of carbonyl (C=O) groups excluding carboxylic acids is 1. The molecular formula is C19H29N2O2+. The monoisotopic (exact) mass is 317 g/mol. The van der Waals surface area contributed by atoms with Gasteiger partial charge in [-0.05, 0) is 34.6 Å². The van der Waals surface area contributed by atoms with Crippen molar-refractivity contribution in [1.29, 1.82) is 0 Å². The van der Waals surface area contributed by atoms with Crippen molar-refractivity contribution < 1.29 is 14.1 Å². The molecule has 0 aromatic heterocycles. The fraction of sp³-hybridized carbons (Fsp3) is 0.579. The van der Waals surface area contributed by atoms with Crippen molar-refractivity contribution in [3.05, 3.63) is 29.8 Å². The highest BCUT2D eigenvalue weighted by Gasteiger charge is 2.42. The molecule has 1 N–H and O–H groups in total. The molecule has 1 aliphatic heterocycles. The van der Waals surface area contributed by atoms with Crippen LogP contribution in [0.3, 0.4) is 0 Å². The van der Waals surface area contributed by atoms with E-state index in [0.29, 0.717) is 6.54 Å². The number of benzene rings is 1. The standard InChI is InChI=1S/C19H28N2O2/c1-14-19(5,6)15-10-7-8-11-16(15)21(14)13-9-12-20-17(22)23-18(2,3)4/h7-8,10-11H,9,12-13H2,1-6H3/p+1. The molecule has 0 fully saturated rings. The molecule has 0 bridgehead atoms. The minimum Gasteiger partial charge on any atom is -0.444 e. The third-order valence-corrected chi connectivity index (χ3v) is 4.40. The maximum Gasteiger partial charge on any atom is 0.407 e. The molecule has 0 unspecified atom stereocenters. The van der Waals surface area contributed by atoms with E-state index in [1.54, 1.807) is 0 Å². The molecule has 2 rings (SSSR count). The maximum absolute atomic E-state index is 11.7. The first-order valence-corrected chi connectivity index (χ1v) is 8.31. The normalized spacial score (nSPS) is 16.3. The molecular weight excluding hydrogens is 288 g/mol. The highest BCUT2D eigenvalue weighted by atomic mass is 16.6. The average Bonchev–Trinajstić information content (AvgIpc) is 2.63. The van der Waals surface area contributed by atoms with Crippen LogP contribution in [-0.4, -0.2) is 35.1 Å². The number of alkyl carbamates (subject to hydrolysis) is 1. The highest BCUT2D eigenvalue weighted by molar-refractivity contribution is 5.93. The largest absolute Gasteiger partial charge is 0.444 e. The van der Waals surface area contributed by atoms with E-state index < -0.39 is 5.60 Å². The lowest BCUT2D eigenvalue weighted by Gasteiger charge is -2.19. The average molecular weight is 317 g/mol. The fourth-order valence-electron chi connectivity index (χ4n) is 2.98. The van der Waals surface area contributed by atoms with Gasteiger partial charge in [-0.2, -0.15) is 4.58 Å². The zero-order chi connectivity index (χ0) is 17.3. The minimum atomic E-state index is -0.452. The van der Waals surface area contributed by atoms with Crippen LogP contribution in [-0.2, 0) is 10.2 Å². The summed E-state index contributed by atoms with van der Waals surface area (Å²) in [4.78, 5) is 11.7. The molecule has 0 radical (unpaired) electrons. The summed E-state index contributed by atoms with van der Waals surface area (Å²) in [5.41, 5.74) is 3.63. The summed E-state index contributed by atoms with van der Waals surface area (Å²) in [7, 11) is 0. The van der Waals surface area contributed by atoms with E-state index in [1.807, 2.05) is 20.8 Å². The van der Waals surface area contributed by atoms with Gasteiger partial charge in [-0.1, -0.05) is 18.2 Å². The van der Waals surface area contributed by atoms with E-state index >= 15 is 0 Å². The van der Waals surface area contributed by atoms with Gasteiger partial charge in [0.1, 0.15) is 5.60 Å². The molecule has 0 aliphatic carbocycles. The SMILES string of the molecule is CC1=[N+](CCCNC(=O)OC(C)(C)C)c2ccccc2C1(C)C. The Morgan fingerprint density at radius 3 is 2.57 bits per heavy atom. The molecule has 0 saturated carbocycles. The molecule has 0 spiro atoms. The van der Waals surface area contributed by atoms with E-state index in [9.17, 15) is 4.79 Å². The molecule has 4 nitrogen and oxygen atoms in total. The first-order chi connectivity index (χ1) is 10.6. The van der Waals surface area contributed by atoms with Crippen LogP contribution in [0.2, 0.25) is 0 Å². The Bertz CT molecular complexity index is 625. The van der Waals surface area contributed by atoms with Crippen molar-refractivity contribution in [3.63, 3.8) is 0 Å². The molecule has 1 aromatic rings. The van der Waals surface area contributed by atoms with Crippen LogP contribution in [0.5, 0.6) is 0 Å². The number of rotatable bonds is 4. The summed E-state index contributed by atoms with van der Waals surface area (Å²) in [5, 5.41) is 2.83. The predicted octanol–water partition coefficient (Wildman–Crippen LogP) is 4.00. The first-order valence-electron chi connectivity index (χ1n) is 8.31. The van der Waals surface area contributed by atoms with Gasteiger partial charge in [0, 0.05) is 31.5 Å². The first kappa shape index (κ1) is 17.5. The lowest BCUT2D eigenvalue weighted by molar-refractivity contribution is -0.439. The van der Waals surface area contributed by atoms with Gasteiger partial charge in [0.25, 0.3) is 0 Å². The highest BCUT2D eigenvalue weighted by Crippen LogP contribution is 2.39. The number of hydrogen-bond donors (Lipinski definition) is 1. The van der Waals surface area contributed by atoms with E-state index in [-0.39, 0.29) is 11.5 Å². The molecule has 1 amide bonds. The fourth-order valence-corrected chi connectivity index (χ4v) is 2.98. The summed E-state index contributed by atoms with van der Waals surface area (Å²) in [6, 6.07) is 8.56. The lowest BCUT2D eigenvalue weighted by Crippen LogP contribution is -2.34. The Kier molecular flexibility index (Phi) is 4.83. The van der Waals surface area contributed by atoms with Gasteiger partial charge in [-0.3, -0.25) is 0 Å². The molecule has 1 heterocycles. The summed E-state index contributed by atoms with van der Waals surface area (Å²) in [6.07, 6.45) is 0.529. The van der Waals surface area contributed by atoms with Crippen LogP contribution in [0.1, 0.15) is 53.5 Å². The van der Waals surface area contributed by atoms with Gasteiger partial charge in [0.05, 0.1) is 5.41 Å². The number of carbonyl (C=O) groups is 1. The molecule has 0 atom stereocenters. The Balaban J connectivity index is 1.94. The van der Waals surface area contributed by atoms with Gasteiger partial charge in [0.15, 0.2) is 12.3 Å². The second-order valence-electron chi connectivity index (χ2n) is 7.66. The third kappa shape index (κ3) is 3.92. The van der Waals surface area contributed by atoms with E-state index in [4.69, 9.17) is 4.74 Å². The van der Waals surface area contributed by atoms with Crippen LogP contribution in [0.25, 0.3) is 0 Å². The third-order valence-electron chi connectivity index (χ3n) is 4.40. The Labute approximate surface area is 139 Å². The van der Waals surface area contributed by atoms with Crippen molar-refractivity contribution in [2.24, 2.45) is 0 Å². The Morgan fingerprint density at radius 2 is 1.91 bits per heavy atom. The molecule has 23 heavy (non-hydrogen) atoms. The number of fused-ring (bicyclic) bond motifs is 1. The summed E-state index contributed by atoms with van der Waals surface area (Å²) in [6.45, 7) is 13.8. The summed E-state index contributed by atoms with van der Waals surface area (Å²) in [5.74, 6) is 0. The Morgan fingerprint density at radius 1 is 1.26 bits per heavy atom. The van der Waals surface area contributed by atoms with E-state index in [0.717, 1.165) is 13.0 Å². The lowest BCUT2D eigenvalue weighted by atomic mass is 9.82. The minimum absolute atomic E-state index is 0.0647. The van der Waals surface area contributed by atoms with Gasteiger partial charge in [-0.25, -0.2) is 4.79 Å². The van der Waals surface area contributed by atoms with Gasteiger partial charge in [0.2, 0.25) is 5.69 Å². The van der Waals surface area contributed by atoms with Crippen molar-refractivity contribution in [3.8, 4) is 0 Å².